The minimum absolute atomic E-state index is 0.0828. The predicted octanol–water partition coefficient (Wildman–Crippen LogP) is 0.596. The summed E-state index contributed by atoms with van der Waals surface area (Å²) < 4.78 is 1.72. The van der Waals surface area contributed by atoms with Crippen LogP contribution in [-0.4, -0.2) is 58.2 Å². The molecule has 0 spiro atoms. The third-order valence-electron chi connectivity index (χ3n) is 3.26. The molecular weight excluding hydrogens is 228 g/mol. The first-order chi connectivity index (χ1) is 8.56. The Morgan fingerprint density at radius 3 is 2.83 bits per heavy atom. The van der Waals surface area contributed by atoms with Gasteiger partial charge in [0.25, 0.3) is 0 Å². The lowest BCUT2D eigenvalue weighted by Crippen LogP contribution is -2.52. The van der Waals surface area contributed by atoms with E-state index in [1.165, 1.54) is 0 Å². The topological polar surface area (TPSA) is 41.4 Å². The van der Waals surface area contributed by atoms with E-state index in [9.17, 15) is 4.79 Å². The van der Waals surface area contributed by atoms with Gasteiger partial charge >= 0.3 is 0 Å². The lowest BCUT2D eigenvalue weighted by Gasteiger charge is -2.37. The average Bonchev–Trinajstić information content (AvgIpc) is 2.72. The van der Waals surface area contributed by atoms with Crippen LogP contribution in [0.3, 0.4) is 0 Å². The van der Waals surface area contributed by atoms with Gasteiger partial charge in [0.2, 0.25) is 5.91 Å². The Bertz CT molecular complexity index is 452. The van der Waals surface area contributed by atoms with Gasteiger partial charge in [-0.3, -0.25) is 9.48 Å². The van der Waals surface area contributed by atoms with Crippen molar-refractivity contribution in [1.82, 2.24) is 19.6 Å². The van der Waals surface area contributed by atoms with E-state index >= 15 is 0 Å². The first-order valence-corrected chi connectivity index (χ1v) is 6.22. The Balaban J connectivity index is 1.97. The fourth-order valence-electron chi connectivity index (χ4n) is 2.26. The summed E-state index contributed by atoms with van der Waals surface area (Å²) >= 11 is 0. The second kappa shape index (κ2) is 5.35. The highest BCUT2D eigenvalue weighted by atomic mass is 16.2. The number of rotatable bonds is 2. The molecule has 1 unspecified atom stereocenters. The summed E-state index contributed by atoms with van der Waals surface area (Å²) in [6.45, 7) is 4.77. The van der Waals surface area contributed by atoms with Gasteiger partial charge < -0.3 is 9.80 Å². The van der Waals surface area contributed by atoms with Crippen molar-refractivity contribution in [3.8, 4) is 0 Å². The van der Waals surface area contributed by atoms with Crippen molar-refractivity contribution in [3.05, 3.63) is 24.0 Å². The van der Waals surface area contributed by atoms with E-state index in [4.69, 9.17) is 0 Å². The fraction of sp³-hybridized carbons (Fsp3) is 0.538. The van der Waals surface area contributed by atoms with E-state index in [0.717, 1.165) is 25.2 Å². The molecule has 98 valence electrons. The smallest absolute Gasteiger partial charge is 0.246 e. The van der Waals surface area contributed by atoms with E-state index in [-0.39, 0.29) is 11.9 Å². The van der Waals surface area contributed by atoms with Gasteiger partial charge in [0.15, 0.2) is 0 Å². The number of piperazine rings is 1. The Labute approximate surface area is 108 Å². The first-order valence-electron chi connectivity index (χ1n) is 6.22. The number of hydrogen-bond donors (Lipinski definition) is 0. The van der Waals surface area contributed by atoms with Crippen molar-refractivity contribution in [1.29, 1.82) is 0 Å². The summed E-state index contributed by atoms with van der Waals surface area (Å²) in [5.41, 5.74) is 0.952. The zero-order valence-electron chi connectivity index (χ0n) is 11.2. The van der Waals surface area contributed by atoms with Gasteiger partial charge in [0.05, 0.1) is 6.20 Å². The van der Waals surface area contributed by atoms with Crippen LogP contribution in [-0.2, 0) is 11.8 Å². The van der Waals surface area contributed by atoms with Crippen LogP contribution in [0.25, 0.3) is 6.08 Å². The highest BCUT2D eigenvalue weighted by Crippen LogP contribution is 2.09. The number of hydrogen-bond acceptors (Lipinski definition) is 3. The molecular formula is C13H20N4O. The van der Waals surface area contributed by atoms with E-state index in [1.54, 1.807) is 17.0 Å². The monoisotopic (exact) mass is 248 g/mol. The van der Waals surface area contributed by atoms with Gasteiger partial charge in [-0.15, -0.1) is 0 Å². The molecule has 2 rings (SSSR count). The number of amides is 1. The quantitative estimate of drug-likeness (QED) is 0.720. The predicted molar refractivity (Wildman–Crippen MR) is 70.9 cm³/mol. The summed E-state index contributed by atoms with van der Waals surface area (Å²) in [6.07, 6.45) is 7.09. The van der Waals surface area contributed by atoms with Crippen LogP contribution in [0.1, 0.15) is 12.5 Å². The van der Waals surface area contributed by atoms with Gasteiger partial charge in [-0.2, -0.15) is 5.10 Å². The van der Waals surface area contributed by atoms with Gasteiger partial charge in [0, 0.05) is 50.6 Å². The van der Waals surface area contributed by atoms with E-state index in [1.807, 2.05) is 24.2 Å². The number of nitrogens with zero attached hydrogens (tertiary/aromatic N) is 4. The lowest BCUT2D eigenvalue weighted by molar-refractivity contribution is -0.130. The Morgan fingerprint density at radius 1 is 1.44 bits per heavy atom. The largest absolute Gasteiger partial charge is 0.334 e. The molecule has 5 nitrogen and oxygen atoms in total. The van der Waals surface area contributed by atoms with Crippen LogP contribution in [0.4, 0.5) is 0 Å². The molecule has 1 aliphatic rings. The highest BCUT2D eigenvalue weighted by molar-refractivity contribution is 5.92. The molecule has 1 aromatic rings. The Morgan fingerprint density at radius 2 is 2.22 bits per heavy atom. The number of aromatic nitrogens is 2. The van der Waals surface area contributed by atoms with Gasteiger partial charge in [-0.25, -0.2) is 0 Å². The molecule has 1 aliphatic heterocycles. The number of aryl methyl sites for hydroxylation is 1. The van der Waals surface area contributed by atoms with Crippen molar-refractivity contribution in [2.75, 3.05) is 26.7 Å². The zero-order valence-corrected chi connectivity index (χ0v) is 11.2. The van der Waals surface area contributed by atoms with Crippen LogP contribution >= 0.6 is 0 Å². The molecule has 1 fully saturated rings. The zero-order chi connectivity index (χ0) is 13.1. The third kappa shape index (κ3) is 2.98. The SMILES string of the molecule is CC1CN(C)CCN1C(=O)C=Cc1cnn(C)c1. The summed E-state index contributed by atoms with van der Waals surface area (Å²) in [5.74, 6) is 0.0828. The number of carbonyl (C=O) groups excluding carboxylic acids is 1. The second-order valence-electron chi connectivity index (χ2n) is 4.92. The molecule has 5 heteroatoms. The van der Waals surface area contributed by atoms with Crippen LogP contribution in [0.2, 0.25) is 0 Å². The molecule has 0 aliphatic carbocycles. The van der Waals surface area contributed by atoms with Crippen LogP contribution in [0, 0.1) is 0 Å². The fourth-order valence-corrected chi connectivity index (χ4v) is 2.26. The molecule has 0 radical (unpaired) electrons. The van der Waals surface area contributed by atoms with Crippen LogP contribution in [0.15, 0.2) is 18.5 Å². The van der Waals surface area contributed by atoms with Crippen molar-refractivity contribution in [2.24, 2.45) is 7.05 Å². The van der Waals surface area contributed by atoms with Gasteiger partial charge in [-0.1, -0.05) is 0 Å². The summed E-state index contributed by atoms with van der Waals surface area (Å²) in [6, 6.07) is 0.273. The van der Waals surface area contributed by atoms with E-state index in [0.29, 0.717) is 0 Å². The van der Waals surface area contributed by atoms with E-state index < -0.39 is 0 Å². The molecule has 1 aromatic heterocycles. The first kappa shape index (κ1) is 12.8. The third-order valence-corrected chi connectivity index (χ3v) is 3.26. The summed E-state index contributed by atoms with van der Waals surface area (Å²) in [7, 11) is 3.95. The van der Waals surface area contributed by atoms with Gasteiger partial charge in [0.1, 0.15) is 0 Å². The molecule has 1 saturated heterocycles. The normalized spacial score (nSPS) is 21.7. The molecule has 0 bridgehead atoms. The van der Waals surface area contributed by atoms with Crippen LogP contribution in [0.5, 0.6) is 0 Å². The number of likely N-dealkylation sites (N-methyl/N-ethyl adjacent to an activating group) is 1. The maximum atomic E-state index is 12.1. The van der Waals surface area contributed by atoms with E-state index in [2.05, 4.69) is 24.0 Å². The van der Waals surface area contributed by atoms with Crippen molar-refractivity contribution < 1.29 is 4.79 Å². The highest BCUT2D eigenvalue weighted by Gasteiger charge is 2.23. The Hall–Kier alpha value is -1.62. The summed E-state index contributed by atoms with van der Waals surface area (Å²) in [5, 5.41) is 4.07. The maximum Gasteiger partial charge on any atom is 0.246 e. The molecule has 1 atom stereocenters. The molecule has 0 saturated carbocycles. The molecule has 0 aromatic carbocycles. The van der Waals surface area contributed by atoms with Crippen LogP contribution < -0.4 is 0 Å². The Kier molecular flexibility index (Phi) is 3.81. The van der Waals surface area contributed by atoms with Crippen molar-refractivity contribution >= 4 is 12.0 Å². The standard InChI is InChI=1S/C13H20N4O/c1-11-9-15(2)6-7-17(11)13(18)5-4-12-8-14-16(3)10-12/h4-5,8,10-11H,6-7,9H2,1-3H3. The lowest BCUT2D eigenvalue weighted by atomic mass is 10.2. The van der Waals surface area contributed by atoms with Crippen molar-refractivity contribution in [2.45, 2.75) is 13.0 Å². The minimum atomic E-state index is 0.0828. The number of carbonyl (C=O) groups is 1. The molecule has 2 heterocycles. The van der Waals surface area contributed by atoms with Gasteiger partial charge in [-0.05, 0) is 20.0 Å². The maximum absolute atomic E-state index is 12.1. The molecule has 1 amide bonds. The minimum Gasteiger partial charge on any atom is -0.334 e. The molecule has 0 N–H and O–H groups in total. The molecule has 18 heavy (non-hydrogen) atoms. The average molecular weight is 248 g/mol. The summed E-state index contributed by atoms with van der Waals surface area (Å²) in [4.78, 5) is 16.3. The van der Waals surface area contributed by atoms with Crippen molar-refractivity contribution in [3.63, 3.8) is 0 Å². The second-order valence-corrected chi connectivity index (χ2v) is 4.92.